The number of carbonyl (C=O) groups excluding carboxylic acids is 2. The van der Waals surface area contributed by atoms with Crippen LogP contribution in [0.2, 0.25) is 0 Å². The SMILES string of the molecule is O=Cc1ccc2c(c1)CCC2NC(=O)C(F)(F)F. The predicted octanol–water partition coefficient (Wildman–Crippen LogP) is 2.16. The normalized spacial score (nSPS) is 18.3. The van der Waals surface area contributed by atoms with Crippen molar-refractivity contribution in [1.29, 1.82) is 0 Å². The summed E-state index contributed by atoms with van der Waals surface area (Å²) in [5.41, 5.74) is 1.95. The van der Waals surface area contributed by atoms with Crippen LogP contribution in [0.25, 0.3) is 0 Å². The van der Waals surface area contributed by atoms with Gasteiger partial charge in [-0.25, -0.2) is 0 Å². The highest BCUT2D eigenvalue weighted by atomic mass is 19.4. The number of amides is 1. The largest absolute Gasteiger partial charge is 0.471 e. The van der Waals surface area contributed by atoms with Crippen LogP contribution in [0, 0.1) is 0 Å². The van der Waals surface area contributed by atoms with Crippen molar-refractivity contribution in [2.24, 2.45) is 0 Å². The highest BCUT2D eigenvalue weighted by molar-refractivity contribution is 5.82. The molecule has 0 saturated carbocycles. The van der Waals surface area contributed by atoms with Crippen LogP contribution in [-0.2, 0) is 11.2 Å². The average Bonchev–Trinajstić information content (AvgIpc) is 2.70. The van der Waals surface area contributed by atoms with Crippen LogP contribution in [0.5, 0.6) is 0 Å². The number of carbonyl (C=O) groups is 2. The monoisotopic (exact) mass is 257 g/mol. The van der Waals surface area contributed by atoms with E-state index in [-0.39, 0.29) is 0 Å². The Kier molecular flexibility index (Phi) is 3.11. The molecule has 0 spiro atoms. The van der Waals surface area contributed by atoms with Gasteiger partial charge in [-0.15, -0.1) is 0 Å². The maximum absolute atomic E-state index is 12.1. The molecule has 2 rings (SSSR count). The van der Waals surface area contributed by atoms with Crippen LogP contribution >= 0.6 is 0 Å². The van der Waals surface area contributed by atoms with Gasteiger partial charge in [0, 0.05) is 5.56 Å². The summed E-state index contributed by atoms with van der Waals surface area (Å²) in [5, 5.41) is 1.96. The summed E-state index contributed by atoms with van der Waals surface area (Å²) < 4.78 is 36.4. The summed E-state index contributed by atoms with van der Waals surface area (Å²) in [5.74, 6) is -1.93. The van der Waals surface area contributed by atoms with Crippen molar-refractivity contribution >= 4 is 12.2 Å². The molecule has 1 N–H and O–H groups in total. The lowest BCUT2D eigenvalue weighted by Crippen LogP contribution is -2.38. The van der Waals surface area contributed by atoms with Crippen molar-refractivity contribution in [2.75, 3.05) is 0 Å². The second-order valence-corrected chi connectivity index (χ2v) is 4.14. The van der Waals surface area contributed by atoms with E-state index >= 15 is 0 Å². The summed E-state index contributed by atoms with van der Waals surface area (Å²) in [7, 11) is 0. The first kappa shape index (κ1) is 12.6. The van der Waals surface area contributed by atoms with Crippen molar-refractivity contribution in [1.82, 2.24) is 5.32 Å². The Bertz CT molecular complexity index is 497. The molecule has 1 amide bonds. The molecule has 1 aromatic rings. The van der Waals surface area contributed by atoms with Crippen molar-refractivity contribution < 1.29 is 22.8 Å². The Morgan fingerprint density at radius 3 is 2.72 bits per heavy atom. The lowest BCUT2D eigenvalue weighted by molar-refractivity contribution is -0.174. The molecule has 96 valence electrons. The zero-order valence-electron chi connectivity index (χ0n) is 9.25. The molecule has 1 atom stereocenters. The Morgan fingerprint density at radius 2 is 2.11 bits per heavy atom. The summed E-state index contributed by atoms with van der Waals surface area (Å²) in [4.78, 5) is 21.4. The van der Waals surface area contributed by atoms with Gasteiger partial charge in [0.15, 0.2) is 0 Å². The zero-order valence-corrected chi connectivity index (χ0v) is 9.25. The minimum atomic E-state index is -4.87. The van der Waals surface area contributed by atoms with Crippen LogP contribution in [-0.4, -0.2) is 18.4 Å². The molecule has 1 aliphatic rings. The van der Waals surface area contributed by atoms with Crippen LogP contribution in [0.3, 0.4) is 0 Å². The van der Waals surface area contributed by atoms with Gasteiger partial charge in [-0.3, -0.25) is 9.59 Å². The molecule has 6 heteroatoms. The Hall–Kier alpha value is -1.85. The van der Waals surface area contributed by atoms with E-state index in [0.29, 0.717) is 30.3 Å². The van der Waals surface area contributed by atoms with E-state index in [9.17, 15) is 22.8 Å². The van der Waals surface area contributed by atoms with E-state index in [1.165, 1.54) is 6.07 Å². The smallest absolute Gasteiger partial charge is 0.341 e. The van der Waals surface area contributed by atoms with Gasteiger partial charge < -0.3 is 5.32 Å². The third kappa shape index (κ3) is 2.37. The Balaban J connectivity index is 2.17. The van der Waals surface area contributed by atoms with Crippen molar-refractivity contribution in [3.05, 3.63) is 34.9 Å². The molecule has 0 aromatic heterocycles. The van der Waals surface area contributed by atoms with Crippen molar-refractivity contribution in [3.8, 4) is 0 Å². The van der Waals surface area contributed by atoms with Gasteiger partial charge >= 0.3 is 12.1 Å². The van der Waals surface area contributed by atoms with Crippen LogP contribution in [0.1, 0.15) is 33.9 Å². The molecule has 0 fully saturated rings. The first-order chi connectivity index (χ1) is 8.41. The number of fused-ring (bicyclic) bond motifs is 1. The fraction of sp³-hybridized carbons (Fsp3) is 0.333. The molecular weight excluding hydrogens is 247 g/mol. The van der Waals surface area contributed by atoms with E-state index in [1.807, 2.05) is 5.32 Å². The zero-order chi connectivity index (χ0) is 13.3. The Labute approximate surface area is 101 Å². The van der Waals surface area contributed by atoms with E-state index < -0.39 is 18.1 Å². The van der Waals surface area contributed by atoms with E-state index in [2.05, 4.69) is 0 Å². The van der Waals surface area contributed by atoms with Gasteiger partial charge in [0.1, 0.15) is 6.29 Å². The summed E-state index contributed by atoms with van der Waals surface area (Å²) >= 11 is 0. The number of hydrogen-bond acceptors (Lipinski definition) is 2. The summed E-state index contributed by atoms with van der Waals surface area (Å²) in [6.07, 6.45) is -3.22. The van der Waals surface area contributed by atoms with Gasteiger partial charge in [0.05, 0.1) is 6.04 Å². The summed E-state index contributed by atoms with van der Waals surface area (Å²) in [6.45, 7) is 0. The standard InChI is InChI=1S/C12H10F3NO2/c13-12(14,15)11(18)16-10-4-2-8-5-7(6-17)1-3-9(8)10/h1,3,5-6,10H,2,4H2,(H,16,18). The van der Waals surface area contributed by atoms with Gasteiger partial charge in [-0.1, -0.05) is 12.1 Å². The van der Waals surface area contributed by atoms with Gasteiger partial charge in [0.2, 0.25) is 0 Å². The Morgan fingerprint density at radius 1 is 1.39 bits per heavy atom. The number of aldehydes is 1. The van der Waals surface area contributed by atoms with Gasteiger partial charge in [-0.2, -0.15) is 13.2 Å². The molecule has 0 radical (unpaired) electrons. The second-order valence-electron chi connectivity index (χ2n) is 4.14. The fourth-order valence-electron chi connectivity index (χ4n) is 2.10. The van der Waals surface area contributed by atoms with E-state index in [1.54, 1.807) is 12.1 Å². The van der Waals surface area contributed by atoms with Gasteiger partial charge in [0.25, 0.3) is 0 Å². The van der Waals surface area contributed by atoms with Crippen molar-refractivity contribution in [2.45, 2.75) is 25.1 Å². The lowest BCUT2D eigenvalue weighted by atomic mass is 10.1. The predicted molar refractivity (Wildman–Crippen MR) is 57.1 cm³/mol. The molecule has 18 heavy (non-hydrogen) atoms. The molecule has 3 nitrogen and oxygen atoms in total. The topological polar surface area (TPSA) is 46.2 Å². The average molecular weight is 257 g/mol. The number of benzene rings is 1. The lowest BCUT2D eigenvalue weighted by Gasteiger charge is -2.15. The quantitative estimate of drug-likeness (QED) is 0.825. The van der Waals surface area contributed by atoms with Gasteiger partial charge in [-0.05, 0) is 30.0 Å². The molecule has 0 aliphatic heterocycles. The maximum atomic E-state index is 12.1. The molecule has 0 bridgehead atoms. The van der Waals surface area contributed by atoms with Crippen LogP contribution in [0.15, 0.2) is 18.2 Å². The molecule has 1 aromatic carbocycles. The fourth-order valence-corrected chi connectivity index (χ4v) is 2.10. The highest BCUT2D eigenvalue weighted by Gasteiger charge is 2.40. The molecule has 0 heterocycles. The second kappa shape index (κ2) is 4.44. The minimum Gasteiger partial charge on any atom is -0.341 e. The minimum absolute atomic E-state index is 0.416. The third-order valence-corrected chi connectivity index (χ3v) is 2.94. The molecular formula is C12H10F3NO2. The number of hydrogen-bond donors (Lipinski definition) is 1. The summed E-state index contributed by atoms with van der Waals surface area (Å²) in [6, 6.07) is 4.13. The third-order valence-electron chi connectivity index (χ3n) is 2.94. The maximum Gasteiger partial charge on any atom is 0.471 e. The number of aryl methyl sites for hydroxylation is 1. The van der Waals surface area contributed by atoms with E-state index in [0.717, 1.165) is 5.56 Å². The first-order valence-electron chi connectivity index (χ1n) is 5.37. The number of alkyl halides is 3. The molecule has 1 aliphatic carbocycles. The number of nitrogens with one attached hydrogen (secondary N) is 1. The first-order valence-corrected chi connectivity index (χ1v) is 5.37. The van der Waals surface area contributed by atoms with Crippen LogP contribution in [0.4, 0.5) is 13.2 Å². The van der Waals surface area contributed by atoms with Crippen LogP contribution < -0.4 is 5.32 Å². The highest BCUT2D eigenvalue weighted by Crippen LogP contribution is 2.32. The number of halogens is 3. The molecule has 0 saturated heterocycles. The van der Waals surface area contributed by atoms with Crippen molar-refractivity contribution in [3.63, 3.8) is 0 Å². The number of rotatable bonds is 2. The molecule has 1 unspecified atom stereocenters. The van der Waals surface area contributed by atoms with E-state index in [4.69, 9.17) is 0 Å².